The summed E-state index contributed by atoms with van der Waals surface area (Å²) in [5, 5.41) is 21.8. The van der Waals surface area contributed by atoms with Gasteiger partial charge in [0, 0.05) is 12.1 Å². The fraction of sp³-hybridized carbons (Fsp3) is 0.312. The van der Waals surface area contributed by atoms with E-state index in [1.807, 2.05) is 45.9 Å². The molecule has 7 nitrogen and oxygen atoms in total. The number of rotatable bonds is 9. The quantitative estimate of drug-likeness (QED) is 0.197. The topological polar surface area (TPSA) is 96.3 Å². The van der Waals surface area contributed by atoms with Crippen molar-refractivity contribution in [3.63, 3.8) is 0 Å². The van der Waals surface area contributed by atoms with Crippen molar-refractivity contribution in [3.05, 3.63) is 93.6 Å². The van der Waals surface area contributed by atoms with E-state index in [0.717, 1.165) is 28.7 Å². The van der Waals surface area contributed by atoms with E-state index >= 15 is 0 Å². The Morgan fingerprint density at radius 2 is 1.67 bits per heavy atom. The van der Waals surface area contributed by atoms with E-state index in [1.165, 1.54) is 11.0 Å². The fourth-order valence-electron chi connectivity index (χ4n) is 4.84. The number of phenolic OH excluding ortho intramolecular Hbond substituents is 1. The summed E-state index contributed by atoms with van der Waals surface area (Å²) in [5.74, 6) is -0.852. The first-order valence-electron chi connectivity index (χ1n) is 13.2. The largest absolute Gasteiger partial charge is 0.507 e. The van der Waals surface area contributed by atoms with Crippen molar-refractivity contribution in [2.75, 3.05) is 13.2 Å². The van der Waals surface area contributed by atoms with Gasteiger partial charge in [-0.15, -0.1) is 0 Å². The second-order valence-electron chi connectivity index (χ2n) is 9.85. The van der Waals surface area contributed by atoms with Crippen LogP contribution >= 0.6 is 0 Å². The lowest BCUT2D eigenvalue weighted by Gasteiger charge is -2.26. The molecule has 3 aromatic rings. The van der Waals surface area contributed by atoms with Crippen LogP contribution < -0.4 is 9.47 Å². The molecule has 1 saturated heterocycles. The smallest absolute Gasteiger partial charge is 0.295 e. The zero-order valence-corrected chi connectivity index (χ0v) is 23.1. The summed E-state index contributed by atoms with van der Waals surface area (Å²) in [4.78, 5) is 28.5. The minimum atomic E-state index is -0.888. The number of aliphatic hydroxyl groups is 1. The third-order valence-electron chi connectivity index (χ3n) is 6.89. The number of ether oxygens (including phenoxy) is 2. The van der Waals surface area contributed by atoms with Gasteiger partial charge in [0.05, 0.1) is 24.8 Å². The average Bonchev–Trinajstić information content (AvgIpc) is 3.16. The van der Waals surface area contributed by atoms with E-state index in [-0.39, 0.29) is 29.4 Å². The molecule has 1 atom stereocenters. The van der Waals surface area contributed by atoms with Crippen molar-refractivity contribution >= 4 is 17.4 Å². The molecule has 0 radical (unpaired) electrons. The standard InChI is InChI=1S/C32H35NO6/c1-6-14-39-26-13-11-23(16-21(26)5)30(35)28-29(22-10-12-25(34)27(17-22)38-7-2)33(32(37)31(28)36)18-24-15-19(3)8-9-20(24)4/h8-13,15-17,29,34-35H,6-7,14,18H2,1-5H3/b30-28-. The van der Waals surface area contributed by atoms with Gasteiger partial charge in [0.25, 0.3) is 11.7 Å². The number of hydrogen-bond donors (Lipinski definition) is 2. The lowest BCUT2D eigenvalue weighted by Crippen LogP contribution is -2.29. The summed E-state index contributed by atoms with van der Waals surface area (Å²) in [5.41, 5.74) is 4.67. The fourth-order valence-corrected chi connectivity index (χ4v) is 4.84. The van der Waals surface area contributed by atoms with Crippen molar-refractivity contribution < 1.29 is 29.3 Å². The maximum Gasteiger partial charge on any atom is 0.295 e. The summed E-state index contributed by atoms with van der Waals surface area (Å²) >= 11 is 0. The minimum absolute atomic E-state index is 0.0138. The van der Waals surface area contributed by atoms with Crippen molar-refractivity contribution in [2.45, 2.75) is 53.6 Å². The number of ketones is 1. The highest BCUT2D eigenvalue weighted by molar-refractivity contribution is 6.46. The first-order valence-corrected chi connectivity index (χ1v) is 13.2. The molecule has 39 heavy (non-hydrogen) atoms. The number of aliphatic hydroxyl groups excluding tert-OH is 1. The molecule has 1 heterocycles. The molecule has 0 aliphatic carbocycles. The summed E-state index contributed by atoms with van der Waals surface area (Å²) in [6.07, 6.45) is 0.862. The molecule has 3 aromatic carbocycles. The number of benzene rings is 3. The third-order valence-corrected chi connectivity index (χ3v) is 6.89. The van der Waals surface area contributed by atoms with Crippen LogP contribution in [0, 0.1) is 20.8 Å². The van der Waals surface area contributed by atoms with E-state index < -0.39 is 17.7 Å². The number of amides is 1. The predicted molar refractivity (Wildman–Crippen MR) is 150 cm³/mol. The molecule has 7 heteroatoms. The number of aryl methyl sites for hydroxylation is 3. The second kappa shape index (κ2) is 11.6. The van der Waals surface area contributed by atoms with E-state index in [4.69, 9.17) is 9.47 Å². The van der Waals surface area contributed by atoms with Gasteiger partial charge in [-0.05, 0) is 86.7 Å². The third kappa shape index (κ3) is 5.62. The number of Topliss-reactive ketones (excluding diaryl/α,β-unsaturated/α-hetero) is 1. The summed E-state index contributed by atoms with van der Waals surface area (Å²) in [6.45, 7) is 10.7. The zero-order chi connectivity index (χ0) is 28.3. The molecule has 1 aliphatic heterocycles. The Kier molecular flexibility index (Phi) is 8.29. The molecule has 1 aliphatic rings. The van der Waals surface area contributed by atoms with Crippen LogP contribution in [0.15, 0.2) is 60.2 Å². The number of carbonyl (C=O) groups excluding carboxylic acids is 2. The van der Waals surface area contributed by atoms with Crippen molar-refractivity contribution in [3.8, 4) is 17.2 Å². The van der Waals surface area contributed by atoms with Crippen LogP contribution in [0.5, 0.6) is 17.2 Å². The minimum Gasteiger partial charge on any atom is -0.507 e. The highest BCUT2D eigenvalue weighted by Gasteiger charge is 2.46. The van der Waals surface area contributed by atoms with Crippen LogP contribution in [0.1, 0.15) is 59.7 Å². The normalized spacial score (nSPS) is 16.5. The molecular formula is C32H35NO6. The molecule has 204 valence electrons. The zero-order valence-electron chi connectivity index (χ0n) is 23.1. The molecular weight excluding hydrogens is 494 g/mol. The Labute approximate surface area is 229 Å². The monoisotopic (exact) mass is 529 g/mol. The summed E-state index contributed by atoms with van der Waals surface area (Å²) in [7, 11) is 0. The predicted octanol–water partition coefficient (Wildman–Crippen LogP) is 6.13. The number of carbonyl (C=O) groups is 2. The Morgan fingerprint density at radius 3 is 2.36 bits per heavy atom. The van der Waals surface area contributed by atoms with Gasteiger partial charge in [0.1, 0.15) is 11.5 Å². The van der Waals surface area contributed by atoms with Crippen LogP contribution in [0.2, 0.25) is 0 Å². The van der Waals surface area contributed by atoms with Gasteiger partial charge >= 0.3 is 0 Å². The number of likely N-dealkylation sites (tertiary alicyclic amines) is 1. The van der Waals surface area contributed by atoms with E-state index in [1.54, 1.807) is 37.3 Å². The number of hydrogen-bond acceptors (Lipinski definition) is 6. The molecule has 0 aromatic heterocycles. The van der Waals surface area contributed by atoms with Gasteiger partial charge in [-0.1, -0.05) is 36.8 Å². The summed E-state index contributed by atoms with van der Waals surface area (Å²) in [6, 6.07) is 15.0. The Morgan fingerprint density at radius 1 is 0.897 bits per heavy atom. The number of nitrogens with zero attached hydrogens (tertiary/aromatic N) is 1. The Balaban J connectivity index is 1.87. The summed E-state index contributed by atoms with van der Waals surface area (Å²) < 4.78 is 11.4. The maximum absolute atomic E-state index is 13.5. The molecule has 4 rings (SSSR count). The van der Waals surface area contributed by atoms with E-state index in [2.05, 4.69) is 0 Å². The molecule has 1 amide bonds. The van der Waals surface area contributed by atoms with Gasteiger partial charge in [-0.25, -0.2) is 0 Å². The number of phenols is 1. The van der Waals surface area contributed by atoms with Crippen LogP contribution in [-0.4, -0.2) is 40.0 Å². The first-order chi connectivity index (χ1) is 18.7. The van der Waals surface area contributed by atoms with E-state index in [0.29, 0.717) is 30.1 Å². The lowest BCUT2D eigenvalue weighted by atomic mass is 9.94. The van der Waals surface area contributed by atoms with Crippen molar-refractivity contribution in [1.82, 2.24) is 4.90 Å². The number of aromatic hydroxyl groups is 1. The molecule has 2 N–H and O–H groups in total. The molecule has 1 unspecified atom stereocenters. The van der Waals surface area contributed by atoms with Gasteiger partial charge in [-0.3, -0.25) is 9.59 Å². The van der Waals surface area contributed by atoms with Gasteiger partial charge in [-0.2, -0.15) is 0 Å². The average molecular weight is 530 g/mol. The first kappa shape index (κ1) is 27.8. The molecule has 1 fully saturated rings. The SMILES string of the molecule is CCCOc1ccc(/C(O)=C2/C(=O)C(=O)N(Cc3cc(C)ccc3C)C2c2ccc(O)c(OCC)c2)cc1C. The Bertz CT molecular complexity index is 1440. The van der Waals surface area contributed by atoms with Gasteiger partial charge < -0.3 is 24.6 Å². The van der Waals surface area contributed by atoms with E-state index in [9.17, 15) is 19.8 Å². The highest BCUT2D eigenvalue weighted by atomic mass is 16.5. The Hall–Kier alpha value is -4.26. The van der Waals surface area contributed by atoms with Gasteiger partial charge in [0.2, 0.25) is 0 Å². The van der Waals surface area contributed by atoms with Crippen LogP contribution in [0.4, 0.5) is 0 Å². The van der Waals surface area contributed by atoms with Crippen LogP contribution in [0.25, 0.3) is 5.76 Å². The van der Waals surface area contributed by atoms with Crippen LogP contribution in [-0.2, 0) is 16.1 Å². The highest BCUT2D eigenvalue weighted by Crippen LogP contribution is 2.43. The second-order valence-corrected chi connectivity index (χ2v) is 9.85. The molecule has 0 bridgehead atoms. The van der Waals surface area contributed by atoms with Crippen LogP contribution in [0.3, 0.4) is 0 Å². The van der Waals surface area contributed by atoms with Crippen molar-refractivity contribution in [1.29, 1.82) is 0 Å². The lowest BCUT2D eigenvalue weighted by molar-refractivity contribution is -0.140. The molecule has 0 saturated carbocycles. The van der Waals surface area contributed by atoms with Gasteiger partial charge in [0.15, 0.2) is 11.5 Å². The molecule has 0 spiro atoms. The van der Waals surface area contributed by atoms with Crippen molar-refractivity contribution in [2.24, 2.45) is 0 Å². The maximum atomic E-state index is 13.5.